The number of carbonyl (C=O) groups is 3. The van der Waals surface area contributed by atoms with Gasteiger partial charge in [0.15, 0.2) is 0 Å². The normalized spacial score (nSPS) is 11.7. The number of para-hydroxylation sites is 1. The van der Waals surface area contributed by atoms with Crippen molar-refractivity contribution >= 4 is 52.4 Å². The van der Waals surface area contributed by atoms with Gasteiger partial charge in [0, 0.05) is 35.6 Å². The average molecular weight is 726 g/mol. The van der Waals surface area contributed by atoms with Crippen molar-refractivity contribution in [3.63, 3.8) is 0 Å². The van der Waals surface area contributed by atoms with Gasteiger partial charge in [-0.05, 0) is 63.9 Å². The molecular formula is C40H39N9O5. The summed E-state index contributed by atoms with van der Waals surface area (Å²) in [7, 11) is 3.06. The van der Waals surface area contributed by atoms with Crippen molar-refractivity contribution in [2.45, 2.75) is 47.7 Å². The van der Waals surface area contributed by atoms with Gasteiger partial charge in [-0.1, -0.05) is 35.4 Å². The van der Waals surface area contributed by atoms with Crippen LogP contribution in [-0.2, 0) is 22.7 Å². The number of aryl methyl sites for hydroxylation is 1. The number of methoxy groups -OCH3 is 2. The summed E-state index contributed by atoms with van der Waals surface area (Å²) in [6, 6.07) is 21.0. The molecule has 0 bridgehead atoms. The maximum Gasteiger partial charge on any atom is 0.330 e. The number of urea groups is 1. The van der Waals surface area contributed by atoms with E-state index < -0.39 is 11.8 Å². The number of aromatic nitrogens is 2. The lowest BCUT2D eigenvalue weighted by Crippen LogP contribution is -2.47. The minimum absolute atomic E-state index is 0.00933. The first-order valence-corrected chi connectivity index (χ1v) is 16.8. The second-order valence-corrected chi connectivity index (χ2v) is 12.8. The number of rotatable bonds is 11. The van der Waals surface area contributed by atoms with E-state index in [1.54, 1.807) is 93.4 Å². The van der Waals surface area contributed by atoms with Crippen LogP contribution in [0.2, 0.25) is 0 Å². The number of hydrogen-bond acceptors (Lipinski definition) is 10. The molecule has 2 heterocycles. The molecule has 3 aromatic carbocycles. The molecule has 0 radical (unpaired) electrons. The fourth-order valence-corrected chi connectivity index (χ4v) is 5.65. The first kappa shape index (κ1) is 38.1. The van der Waals surface area contributed by atoms with Crippen LogP contribution >= 0.6 is 0 Å². The van der Waals surface area contributed by atoms with Crippen LogP contribution in [0.1, 0.15) is 44.4 Å². The second-order valence-electron chi connectivity index (χ2n) is 12.8. The predicted molar refractivity (Wildman–Crippen MR) is 205 cm³/mol. The highest BCUT2D eigenvalue weighted by molar-refractivity contribution is 6.09. The minimum Gasteiger partial charge on any atom is -0.497 e. The number of hydrogen-bond donors (Lipinski definition) is 3. The second kappa shape index (κ2) is 16.4. The summed E-state index contributed by atoms with van der Waals surface area (Å²) in [6.45, 7) is 8.86. The van der Waals surface area contributed by atoms with Crippen molar-refractivity contribution < 1.29 is 23.9 Å². The SMILES string of the molecule is COc1cc(OC)cc(N2Cc3cnc(Nc4c(C)cccc4NC(=O)C(C#N)=C(C)C)nc3N(Cc3ccc(NC(=O)C(C#N)=C(C)C)cc3)C2=O)c1. The number of nitrogens with zero attached hydrogens (tertiary/aromatic N) is 6. The van der Waals surface area contributed by atoms with Gasteiger partial charge in [-0.3, -0.25) is 19.4 Å². The quantitative estimate of drug-likeness (QED) is 0.105. The van der Waals surface area contributed by atoms with Gasteiger partial charge in [0.1, 0.15) is 40.6 Å². The zero-order valence-corrected chi connectivity index (χ0v) is 31.0. The zero-order chi connectivity index (χ0) is 39.1. The molecule has 0 saturated heterocycles. The molecular weight excluding hydrogens is 686 g/mol. The number of fused-ring (bicyclic) bond motifs is 1. The molecule has 3 N–H and O–H groups in total. The molecule has 14 heteroatoms. The van der Waals surface area contributed by atoms with Crippen LogP contribution in [0.4, 0.5) is 39.3 Å². The molecule has 0 saturated carbocycles. The van der Waals surface area contributed by atoms with E-state index in [4.69, 9.17) is 14.5 Å². The topological polar surface area (TPSA) is 186 Å². The number of ether oxygens (including phenoxy) is 2. The van der Waals surface area contributed by atoms with E-state index >= 15 is 0 Å². The largest absolute Gasteiger partial charge is 0.497 e. The molecule has 1 aliphatic rings. The number of allylic oxidation sites excluding steroid dienone is 2. The van der Waals surface area contributed by atoms with E-state index in [-0.39, 0.29) is 36.2 Å². The Morgan fingerprint density at radius 1 is 0.870 bits per heavy atom. The summed E-state index contributed by atoms with van der Waals surface area (Å²) in [5.41, 5.74) is 5.32. The fourth-order valence-electron chi connectivity index (χ4n) is 5.65. The van der Waals surface area contributed by atoms with E-state index in [9.17, 15) is 24.9 Å². The van der Waals surface area contributed by atoms with Gasteiger partial charge in [0.2, 0.25) is 5.95 Å². The van der Waals surface area contributed by atoms with E-state index in [1.807, 2.05) is 25.1 Å². The standard InChI is InChI=1S/C40H39N9O5/c1-23(2)32(18-41)37(50)44-28-13-11-26(12-14-28)21-49-36-27(22-48(40(49)52)29-15-30(53-6)17-31(16-29)54-7)20-43-39(47-36)46-35-25(5)9-8-10-34(35)45-38(51)33(19-42)24(3)4/h8-17,20H,21-22H2,1-7H3,(H,44,50)(H,45,51)(H,43,46,47). The Hall–Kier alpha value is -7.19. The molecule has 274 valence electrons. The van der Waals surface area contributed by atoms with Gasteiger partial charge in [0.05, 0.1) is 44.4 Å². The molecule has 0 unspecified atom stereocenters. The van der Waals surface area contributed by atoms with Crippen LogP contribution in [0.15, 0.2) is 89.2 Å². The molecule has 4 aromatic rings. The highest BCUT2D eigenvalue weighted by atomic mass is 16.5. The van der Waals surface area contributed by atoms with Crippen molar-refractivity contribution in [3.8, 4) is 23.6 Å². The maximum atomic E-state index is 14.4. The van der Waals surface area contributed by atoms with Crippen molar-refractivity contribution in [2.24, 2.45) is 0 Å². The molecule has 5 rings (SSSR count). The van der Waals surface area contributed by atoms with E-state index in [0.717, 1.165) is 11.1 Å². The minimum atomic E-state index is -0.545. The monoisotopic (exact) mass is 725 g/mol. The third kappa shape index (κ3) is 8.30. The van der Waals surface area contributed by atoms with Crippen molar-refractivity contribution in [2.75, 3.05) is 40.0 Å². The molecule has 4 amide bonds. The summed E-state index contributed by atoms with van der Waals surface area (Å²) in [5.74, 6) is 0.480. The predicted octanol–water partition coefficient (Wildman–Crippen LogP) is 7.29. The van der Waals surface area contributed by atoms with Crippen LogP contribution < -0.4 is 35.2 Å². The number of nitriles is 2. The lowest BCUT2D eigenvalue weighted by Gasteiger charge is -2.36. The average Bonchev–Trinajstić information content (AvgIpc) is 3.14. The Balaban J connectivity index is 1.52. The van der Waals surface area contributed by atoms with E-state index in [1.165, 1.54) is 19.1 Å². The third-order valence-electron chi connectivity index (χ3n) is 8.52. The van der Waals surface area contributed by atoms with Crippen LogP contribution in [0.5, 0.6) is 11.5 Å². The molecule has 14 nitrogen and oxygen atoms in total. The number of nitrogens with one attached hydrogen (secondary N) is 3. The molecule has 0 fully saturated rings. The molecule has 54 heavy (non-hydrogen) atoms. The first-order valence-electron chi connectivity index (χ1n) is 16.8. The Bertz CT molecular complexity index is 2250. The molecule has 0 aliphatic carbocycles. The van der Waals surface area contributed by atoms with E-state index in [2.05, 4.69) is 20.9 Å². The Kier molecular flexibility index (Phi) is 11.6. The fraction of sp³-hybridized carbons (Fsp3) is 0.225. The number of benzene rings is 3. The number of amides is 4. The summed E-state index contributed by atoms with van der Waals surface area (Å²) in [5, 5.41) is 27.7. The van der Waals surface area contributed by atoms with Gasteiger partial charge in [0.25, 0.3) is 11.8 Å². The van der Waals surface area contributed by atoms with Gasteiger partial charge >= 0.3 is 6.03 Å². The summed E-state index contributed by atoms with van der Waals surface area (Å²) >= 11 is 0. The van der Waals surface area contributed by atoms with Gasteiger partial charge in [-0.2, -0.15) is 15.5 Å². The van der Waals surface area contributed by atoms with Crippen molar-refractivity contribution in [1.29, 1.82) is 10.5 Å². The zero-order valence-electron chi connectivity index (χ0n) is 31.0. The first-order chi connectivity index (χ1) is 25.9. The van der Waals surface area contributed by atoms with Gasteiger partial charge in [-0.25, -0.2) is 9.78 Å². The Morgan fingerprint density at radius 2 is 1.48 bits per heavy atom. The molecule has 1 aromatic heterocycles. The lowest BCUT2D eigenvalue weighted by atomic mass is 10.1. The van der Waals surface area contributed by atoms with Crippen LogP contribution in [0.3, 0.4) is 0 Å². The molecule has 0 atom stereocenters. The summed E-state index contributed by atoms with van der Waals surface area (Å²) in [6.07, 6.45) is 1.64. The van der Waals surface area contributed by atoms with Gasteiger partial charge < -0.3 is 25.4 Å². The third-order valence-corrected chi connectivity index (χ3v) is 8.52. The van der Waals surface area contributed by atoms with Crippen LogP contribution in [0, 0.1) is 29.6 Å². The Labute approximate surface area is 313 Å². The lowest BCUT2D eigenvalue weighted by molar-refractivity contribution is -0.113. The highest BCUT2D eigenvalue weighted by Crippen LogP contribution is 2.37. The highest BCUT2D eigenvalue weighted by Gasteiger charge is 2.34. The maximum absolute atomic E-state index is 14.4. The van der Waals surface area contributed by atoms with Crippen molar-refractivity contribution in [1.82, 2.24) is 9.97 Å². The number of carbonyl (C=O) groups excluding carboxylic acids is 3. The smallest absolute Gasteiger partial charge is 0.330 e. The van der Waals surface area contributed by atoms with E-state index in [0.29, 0.717) is 56.8 Å². The van der Waals surface area contributed by atoms with Crippen LogP contribution in [-0.4, -0.2) is 42.0 Å². The number of anilines is 6. The molecule has 0 spiro atoms. The Morgan fingerprint density at radius 3 is 2.06 bits per heavy atom. The van der Waals surface area contributed by atoms with Crippen LogP contribution in [0.25, 0.3) is 0 Å². The van der Waals surface area contributed by atoms with Crippen molar-refractivity contribution in [3.05, 3.63) is 106 Å². The summed E-state index contributed by atoms with van der Waals surface area (Å²) in [4.78, 5) is 52.5. The molecule has 1 aliphatic heterocycles. The van der Waals surface area contributed by atoms with Gasteiger partial charge in [-0.15, -0.1) is 0 Å². The summed E-state index contributed by atoms with van der Waals surface area (Å²) < 4.78 is 11.0.